The molecule has 30 heavy (non-hydrogen) atoms. The molecule has 0 radical (unpaired) electrons. The number of aromatic amines is 1. The van der Waals surface area contributed by atoms with Gasteiger partial charge in [-0.2, -0.15) is 5.10 Å². The van der Waals surface area contributed by atoms with E-state index in [1.807, 2.05) is 37.3 Å². The second-order valence-electron chi connectivity index (χ2n) is 7.86. The van der Waals surface area contributed by atoms with Crippen LogP contribution in [0.1, 0.15) is 29.7 Å². The van der Waals surface area contributed by atoms with Gasteiger partial charge in [-0.25, -0.2) is 4.98 Å². The molecule has 1 aliphatic heterocycles. The number of rotatable bonds is 8. The van der Waals surface area contributed by atoms with Crippen LogP contribution < -0.4 is 4.74 Å². The van der Waals surface area contributed by atoms with Gasteiger partial charge in [0.05, 0.1) is 6.04 Å². The van der Waals surface area contributed by atoms with Crippen molar-refractivity contribution in [3.8, 4) is 5.75 Å². The minimum atomic E-state index is 0.249. The summed E-state index contributed by atoms with van der Waals surface area (Å²) < 4.78 is 5.91. The summed E-state index contributed by atoms with van der Waals surface area (Å²) in [6, 6.07) is 21.0. The molecule has 1 aliphatic rings. The highest BCUT2D eigenvalue weighted by molar-refractivity contribution is 5.20. The Morgan fingerprint density at radius 2 is 1.73 bits per heavy atom. The van der Waals surface area contributed by atoms with Gasteiger partial charge < -0.3 is 4.74 Å². The van der Waals surface area contributed by atoms with Gasteiger partial charge in [-0.05, 0) is 37.5 Å². The van der Waals surface area contributed by atoms with Crippen molar-refractivity contribution in [1.29, 1.82) is 0 Å². The van der Waals surface area contributed by atoms with E-state index >= 15 is 0 Å². The number of H-pyrrole nitrogens is 1. The number of benzene rings is 2. The molecule has 1 saturated heterocycles. The molecule has 0 aliphatic carbocycles. The largest absolute Gasteiger partial charge is 0.492 e. The van der Waals surface area contributed by atoms with Crippen molar-refractivity contribution < 1.29 is 4.74 Å². The molecule has 2 heterocycles. The molecule has 6 nitrogen and oxygen atoms in total. The highest BCUT2D eigenvalue weighted by atomic mass is 16.5. The van der Waals surface area contributed by atoms with Crippen molar-refractivity contribution in [3.63, 3.8) is 0 Å². The maximum absolute atomic E-state index is 5.91. The van der Waals surface area contributed by atoms with E-state index < -0.39 is 0 Å². The van der Waals surface area contributed by atoms with E-state index in [1.54, 1.807) is 0 Å². The zero-order valence-corrected chi connectivity index (χ0v) is 17.7. The molecule has 1 aromatic heterocycles. The highest BCUT2D eigenvalue weighted by Gasteiger charge is 2.28. The SMILES string of the molecule is Cc1nc(C2CCN(CCOc3ccccc3)CCN2CCc2ccccc2)n[nH]1. The van der Waals surface area contributed by atoms with Crippen LogP contribution in [0.4, 0.5) is 0 Å². The van der Waals surface area contributed by atoms with E-state index in [2.05, 4.69) is 55.3 Å². The lowest BCUT2D eigenvalue weighted by molar-refractivity contribution is 0.193. The number of nitrogens with one attached hydrogen (secondary N) is 1. The first kappa shape index (κ1) is 20.6. The van der Waals surface area contributed by atoms with Crippen LogP contribution >= 0.6 is 0 Å². The minimum Gasteiger partial charge on any atom is -0.492 e. The molecule has 6 heteroatoms. The Balaban J connectivity index is 1.36. The van der Waals surface area contributed by atoms with E-state index in [1.165, 1.54) is 5.56 Å². The summed E-state index contributed by atoms with van der Waals surface area (Å²) in [5.74, 6) is 2.74. The normalized spacial score (nSPS) is 18.2. The van der Waals surface area contributed by atoms with Crippen LogP contribution in [0.5, 0.6) is 5.75 Å². The average molecular weight is 406 g/mol. The number of aromatic nitrogens is 3. The standard InChI is InChI=1S/C24H31N5O/c1-20-25-24(27-26-20)23-13-14-28(18-19-30-22-10-6-3-7-11-22)16-17-29(23)15-12-21-8-4-2-5-9-21/h2-11,23H,12-19H2,1H3,(H,25,26,27). The first-order valence-corrected chi connectivity index (χ1v) is 10.8. The molecule has 0 amide bonds. The van der Waals surface area contributed by atoms with E-state index in [9.17, 15) is 0 Å². The third-order valence-corrected chi connectivity index (χ3v) is 5.73. The lowest BCUT2D eigenvalue weighted by atomic mass is 10.1. The number of hydrogen-bond donors (Lipinski definition) is 1. The topological polar surface area (TPSA) is 57.3 Å². The number of para-hydroxylation sites is 1. The van der Waals surface area contributed by atoms with Crippen LogP contribution in [0, 0.1) is 6.92 Å². The predicted molar refractivity (Wildman–Crippen MR) is 119 cm³/mol. The fourth-order valence-corrected chi connectivity index (χ4v) is 4.04. The molecule has 0 spiro atoms. The Morgan fingerprint density at radius 3 is 2.47 bits per heavy atom. The molecule has 158 valence electrons. The van der Waals surface area contributed by atoms with Gasteiger partial charge in [-0.15, -0.1) is 0 Å². The van der Waals surface area contributed by atoms with Gasteiger partial charge in [0.2, 0.25) is 0 Å². The first-order chi connectivity index (χ1) is 14.8. The third-order valence-electron chi connectivity index (χ3n) is 5.73. The van der Waals surface area contributed by atoms with Crippen molar-refractivity contribution >= 4 is 0 Å². The van der Waals surface area contributed by atoms with Crippen LogP contribution in [0.2, 0.25) is 0 Å². The monoisotopic (exact) mass is 405 g/mol. The first-order valence-electron chi connectivity index (χ1n) is 10.8. The third kappa shape index (κ3) is 5.68. The maximum atomic E-state index is 5.91. The predicted octanol–water partition coefficient (Wildman–Crippen LogP) is 3.48. The quantitative estimate of drug-likeness (QED) is 0.622. The van der Waals surface area contributed by atoms with Gasteiger partial charge in [0.15, 0.2) is 5.82 Å². The summed E-state index contributed by atoms with van der Waals surface area (Å²) in [6.45, 7) is 7.69. The van der Waals surface area contributed by atoms with Crippen molar-refractivity contribution in [3.05, 3.63) is 77.9 Å². The summed E-state index contributed by atoms with van der Waals surface area (Å²) in [5, 5.41) is 7.52. The summed E-state index contributed by atoms with van der Waals surface area (Å²) in [4.78, 5) is 9.70. The van der Waals surface area contributed by atoms with Gasteiger partial charge >= 0.3 is 0 Å². The summed E-state index contributed by atoms with van der Waals surface area (Å²) >= 11 is 0. The molecule has 1 atom stereocenters. The number of hydrogen-bond acceptors (Lipinski definition) is 5. The second-order valence-corrected chi connectivity index (χ2v) is 7.86. The second kappa shape index (κ2) is 10.4. The van der Waals surface area contributed by atoms with Gasteiger partial charge in [0, 0.05) is 32.7 Å². The summed E-state index contributed by atoms with van der Waals surface area (Å²) in [5.41, 5.74) is 1.37. The number of nitrogens with zero attached hydrogens (tertiary/aromatic N) is 4. The number of aryl methyl sites for hydroxylation is 1. The van der Waals surface area contributed by atoms with Crippen molar-refractivity contribution in [2.75, 3.05) is 39.3 Å². The van der Waals surface area contributed by atoms with E-state index in [-0.39, 0.29) is 6.04 Å². The zero-order valence-electron chi connectivity index (χ0n) is 17.7. The molecule has 1 N–H and O–H groups in total. The van der Waals surface area contributed by atoms with E-state index in [0.717, 1.165) is 63.0 Å². The van der Waals surface area contributed by atoms with E-state index in [4.69, 9.17) is 4.74 Å². The molecule has 4 rings (SSSR count). The van der Waals surface area contributed by atoms with Gasteiger partial charge in [-0.3, -0.25) is 14.9 Å². The summed E-state index contributed by atoms with van der Waals surface area (Å²) in [7, 11) is 0. The fourth-order valence-electron chi connectivity index (χ4n) is 4.04. The molecule has 1 fully saturated rings. The lowest BCUT2D eigenvalue weighted by Gasteiger charge is -2.27. The van der Waals surface area contributed by atoms with E-state index in [0.29, 0.717) is 6.61 Å². The zero-order chi connectivity index (χ0) is 20.6. The Bertz CT molecular complexity index is 883. The van der Waals surface area contributed by atoms with Crippen LogP contribution in [0.25, 0.3) is 0 Å². The minimum absolute atomic E-state index is 0.249. The van der Waals surface area contributed by atoms with Crippen LogP contribution in [-0.2, 0) is 6.42 Å². The van der Waals surface area contributed by atoms with Gasteiger partial charge in [-0.1, -0.05) is 48.5 Å². The Hall–Kier alpha value is -2.70. The van der Waals surface area contributed by atoms with Crippen molar-refractivity contribution in [1.82, 2.24) is 25.0 Å². The Kier molecular flexibility index (Phi) is 7.11. The molecular formula is C24H31N5O. The summed E-state index contributed by atoms with van der Waals surface area (Å²) in [6.07, 6.45) is 2.06. The fraction of sp³-hybridized carbons (Fsp3) is 0.417. The van der Waals surface area contributed by atoms with Crippen LogP contribution in [0.15, 0.2) is 60.7 Å². The molecule has 0 saturated carbocycles. The molecule has 1 unspecified atom stereocenters. The molecule has 2 aromatic carbocycles. The number of ether oxygens (including phenoxy) is 1. The van der Waals surface area contributed by atoms with Gasteiger partial charge in [0.1, 0.15) is 18.2 Å². The maximum Gasteiger partial charge on any atom is 0.167 e. The van der Waals surface area contributed by atoms with Crippen molar-refractivity contribution in [2.45, 2.75) is 25.8 Å². The Morgan fingerprint density at radius 1 is 0.967 bits per heavy atom. The highest BCUT2D eigenvalue weighted by Crippen LogP contribution is 2.25. The molecule has 3 aromatic rings. The smallest absolute Gasteiger partial charge is 0.167 e. The van der Waals surface area contributed by atoms with Crippen molar-refractivity contribution in [2.24, 2.45) is 0 Å². The average Bonchev–Trinajstić information content (AvgIpc) is 3.11. The molecular weight excluding hydrogens is 374 g/mol. The lowest BCUT2D eigenvalue weighted by Crippen LogP contribution is -2.35. The molecule has 0 bridgehead atoms. The van der Waals surface area contributed by atoms with Crippen LogP contribution in [-0.4, -0.2) is 64.3 Å². The Labute approximate surface area is 178 Å². The van der Waals surface area contributed by atoms with Gasteiger partial charge in [0.25, 0.3) is 0 Å². The van der Waals surface area contributed by atoms with Crippen LogP contribution in [0.3, 0.4) is 0 Å².